The molecule has 4 atom stereocenters. The Labute approximate surface area is 172 Å². The molecule has 2 aliphatic heterocycles. The number of fused-ring (bicyclic) bond motifs is 1. The van der Waals surface area contributed by atoms with Crippen molar-refractivity contribution in [2.45, 2.75) is 41.4 Å². The lowest BCUT2D eigenvalue weighted by Gasteiger charge is -2.35. The summed E-state index contributed by atoms with van der Waals surface area (Å²) in [6.45, 7) is 2.17. The van der Waals surface area contributed by atoms with Gasteiger partial charge in [0.05, 0.1) is 17.0 Å². The zero-order valence-electron chi connectivity index (χ0n) is 16.0. The molecule has 1 fully saturated rings. The van der Waals surface area contributed by atoms with E-state index in [4.69, 9.17) is 11.5 Å². The molecule has 2 aliphatic rings. The fourth-order valence-corrected chi connectivity index (χ4v) is 8.24. The van der Waals surface area contributed by atoms with Crippen molar-refractivity contribution in [1.29, 1.82) is 0 Å². The zero-order valence-corrected chi connectivity index (χ0v) is 17.7. The van der Waals surface area contributed by atoms with E-state index in [1.54, 1.807) is 17.9 Å². The van der Waals surface area contributed by atoms with Crippen LogP contribution in [-0.4, -0.2) is 71.1 Å². The van der Waals surface area contributed by atoms with E-state index in [0.717, 1.165) is 0 Å². The lowest BCUT2D eigenvalue weighted by Crippen LogP contribution is -2.48. The third-order valence-corrected chi connectivity index (χ3v) is 9.43. The van der Waals surface area contributed by atoms with Crippen LogP contribution in [0.4, 0.5) is 10.1 Å². The summed E-state index contributed by atoms with van der Waals surface area (Å²) in [6.07, 6.45) is -0.907. The topological polar surface area (TPSA) is 185 Å². The summed E-state index contributed by atoms with van der Waals surface area (Å²) in [4.78, 5) is 1.37. The predicted octanol–water partition coefficient (Wildman–Crippen LogP) is -0.877. The van der Waals surface area contributed by atoms with Gasteiger partial charge in [0.1, 0.15) is 11.1 Å². The number of rotatable bonds is 5. The van der Waals surface area contributed by atoms with Gasteiger partial charge in [0.25, 0.3) is 10.0 Å². The Morgan fingerprint density at radius 1 is 1.40 bits per heavy atom. The molecule has 0 saturated carbocycles. The maximum atomic E-state index is 14.3. The Bertz CT molecular complexity index is 1180. The molecule has 1 aromatic carbocycles. The van der Waals surface area contributed by atoms with E-state index in [1.807, 2.05) is 0 Å². The van der Waals surface area contributed by atoms with Crippen molar-refractivity contribution in [2.24, 2.45) is 15.2 Å². The molecule has 0 spiro atoms. The highest BCUT2D eigenvalue weighted by Crippen LogP contribution is 2.44. The highest BCUT2D eigenvalue weighted by molar-refractivity contribution is 8.05. The van der Waals surface area contributed by atoms with Crippen molar-refractivity contribution in [2.75, 3.05) is 24.5 Å². The number of tetrazole rings is 1. The van der Waals surface area contributed by atoms with Gasteiger partial charge in [-0.1, -0.05) is 3.77 Å². The van der Waals surface area contributed by atoms with Crippen molar-refractivity contribution in [1.82, 2.24) is 25.3 Å². The largest absolute Gasteiger partial charge is 0.368 e. The van der Waals surface area contributed by atoms with E-state index >= 15 is 0 Å². The molecular weight excluding hydrogens is 437 g/mol. The number of nitrogens with one attached hydrogen (secondary N) is 2. The summed E-state index contributed by atoms with van der Waals surface area (Å²) >= 11 is 0. The molecule has 0 bridgehead atoms. The van der Waals surface area contributed by atoms with Gasteiger partial charge in [-0.05, 0) is 30.7 Å². The van der Waals surface area contributed by atoms with Crippen LogP contribution in [0.5, 0.6) is 0 Å². The molecule has 4 rings (SSSR count). The average Bonchev–Trinajstić information content (AvgIpc) is 3.28. The Morgan fingerprint density at radius 3 is 2.80 bits per heavy atom. The fraction of sp³-hybridized carbons (Fsp3) is 0.533. The molecule has 15 heteroatoms. The van der Waals surface area contributed by atoms with Crippen LogP contribution in [-0.2, 0) is 19.9 Å². The molecule has 30 heavy (non-hydrogen) atoms. The van der Waals surface area contributed by atoms with Gasteiger partial charge in [0.15, 0.2) is 9.92 Å². The Kier molecular flexibility index (Phi) is 5.26. The molecule has 1 unspecified atom stereocenters. The van der Waals surface area contributed by atoms with Crippen LogP contribution in [0.25, 0.3) is 11.4 Å². The molecule has 12 nitrogen and oxygen atoms in total. The molecule has 0 aliphatic carbocycles. The number of H-pyrrole nitrogens is 1. The van der Waals surface area contributed by atoms with Crippen LogP contribution >= 0.6 is 0 Å². The summed E-state index contributed by atoms with van der Waals surface area (Å²) in [5, 5.41) is 13.6. The van der Waals surface area contributed by atoms with Crippen molar-refractivity contribution >= 4 is 25.6 Å². The Balaban J connectivity index is 1.93. The number of benzene rings is 1. The quantitative estimate of drug-likeness (QED) is 0.441. The second-order valence-electron chi connectivity index (χ2n) is 7.27. The smallest absolute Gasteiger partial charge is 0.293 e. The van der Waals surface area contributed by atoms with Gasteiger partial charge in [-0.2, -0.15) is 13.6 Å². The van der Waals surface area contributed by atoms with Crippen molar-refractivity contribution < 1.29 is 17.0 Å². The number of hydrogen-bond acceptors (Lipinski definition) is 9. The number of alkyl halides is 1. The zero-order chi connectivity index (χ0) is 21.7. The van der Waals surface area contributed by atoms with Crippen LogP contribution in [0, 0.1) is 0 Å². The fourth-order valence-electron chi connectivity index (χ4n) is 3.54. The minimum absolute atomic E-state index is 0.0168. The minimum atomic E-state index is -4.33. The number of aromatic nitrogens is 4. The molecule has 2 aromatic rings. The van der Waals surface area contributed by atoms with Gasteiger partial charge in [-0.3, -0.25) is 0 Å². The van der Waals surface area contributed by atoms with Gasteiger partial charge >= 0.3 is 0 Å². The van der Waals surface area contributed by atoms with Gasteiger partial charge in [-0.15, -0.1) is 10.2 Å². The first-order valence-corrected chi connectivity index (χ1v) is 12.2. The minimum Gasteiger partial charge on any atom is -0.368 e. The summed E-state index contributed by atoms with van der Waals surface area (Å²) in [5.41, 5.74) is 11.8. The molecule has 1 saturated heterocycles. The summed E-state index contributed by atoms with van der Waals surface area (Å²) in [7, 11) is -7.83. The van der Waals surface area contributed by atoms with Gasteiger partial charge in [-0.25, -0.2) is 13.3 Å². The average molecular weight is 460 g/mol. The number of sulfonamides is 1. The van der Waals surface area contributed by atoms with Crippen LogP contribution in [0.1, 0.15) is 13.3 Å². The third kappa shape index (κ3) is 3.45. The van der Waals surface area contributed by atoms with Crippen LogP contribution in [0.15, 0.2) is 25.7 Å². The monoisotopic (exact) mass is 459 g/mol. The van der Waals surface area contributed by atoms with Crippen molar-refractivity contribution in [3.63, 3.8) is 0 Å². The molecule has 6 N–H and O–H groups in total. The molecule has 164 valence electrons. The third-order valence-electron chi connectivity index (χ3n) is 5.07. The lowest BCUT2D eigenvalue weighted by atomic mass is 10.0. The van der Waals surface area contributed by atoms with Crippen molar-refractivity contribution in [3.8, 4) is 11.4 Å². The number of aromatic amines is 1. The van der Waals surface area contributed by atoms with E-state index in [1.165, 1.54) is 6.07 Å². The predicted molar refractivity (Wildman–Crippen MR) is 107 cm³/mol. The Hall–Kier alpha value is -2.20. The second-order valence-corrected chi connectivity index (χ2v) is 10.9. The SMILES string of the molecule is C[C@H](CN)NS1(=O)=NS(=O)(=O)c2c1ccc(N1CC[C@@H](N)[C@@H](F)C1)c2-c1nn[nH]n1. The second kappa shape index (κ2) is 7.49. The number of nitrogens with zero attached hydrogens (tertiary/aromatic N) is 5. The first kappa shape index (κ1) is 21.0. The molecule has 3 heterocycles. The van der Waals surface area contributed by atoms with Crippen LogP contribution in [0.3, 0.4) is 0 Å². The van der Waals surface area contributed by atoms with Crippen molar-refractivity contribution in [3.05, 3.63) is 12.1 Å². The van der Waals surface area contributed by atoms with E-state index in [2.05, 4.69) is 29.1 Å². The maximum Gasteiger partial charge on any atom is 0.293 e. The number of nitrogens with two attached hydrogens (primary N) is 2. The van der Waals surface area contributed by atoms with Gasteiger partial charge in [0, 0.05) is 30.9 Å². The van der Waals surface area contributed by atoms with E-state index in [-0.39, 0.29) is 34.3 Å². The first-order valence-electron chi connectivity index (χ1n) is 9.22. The summed E-state index contributed by atoms with van der Waals surface area (Å²) in [6, 6.07) is 1.94. The lowest BCUT2D eigenvalue weighted by molar-refractivity contribution is 0.251. The number of anilines is 1. The highest BCUT2D eigenvalue weighted by Gasteiger charge is 2.41. The number of piperidine rings is 1. The highest BCUT2D eigenvalue weighted by atomic mass is 32.3. The normalized spacial score (nSPS) is 28.7. The molecule has 1 aromatic heterocycles. The van der Waals surface area contributed by atoms with Gasteiger partial charge < -0.3 is 16.4 Å². The molecule has 0 radical (unpaired) electrons. The Morgan fingerprint density at radius 2 is 2.17 bits per heavy atom. The summed E-state index contributed by atoms with van der Waals surface area (Å²) in [5.74, 6) is -0.0265. The maximum absolute atomic E-state index is 14.3. The van der Waals surface area contributed by atoms with Gasteiger partial charge in [0.2, 0.25) is 5.82 Å². The standard InChI is InChI=1S/C15H22FN9O3S2/c1-8(6-17)21-29(26)12-3-2-11(25-5-4-10(18)9(16)7-25)13(15-19-22-23-20-15)14(12)30(27,28)24-29/h2-3,8-10H,4-7,17-18H2,1H3,(H,21,24,26)(H,19,20,22,23)/t8-,9+,10-,29?/m1/s1. The molecule has 0 amide bonds. The van der Waals surface area contributed by atoms with Crippen LogP contribution < -0.4 is 21.1 Å². The number of hydrogen-bond donors (Lipinski definition) is 4. The molecular formula is C15H22FN9O3S2. The summed E-state index contributed by atoms with van der Waals surface area (Å²) < 4.78 is 60.0. The van der Waals surface area contributed by atoms with E-state index in [0.29, 0.717) is 18.7 Å². The van der Waals surface area contributed by atoms with Crippen LogP contribution in [0.2, 0.25) is 0 Å². The first-order chi connectivity index (χ1) is 14.2. The number of halogens is 1. The van der Waals surface area contributed by atoms with E-state index < -0.39 is 38.2 Å². The van der Waals surface area contributed by atoms with E-state index in [9.17, 15) is 17.0 Å².